The molecule has 2 rings (SSSR count). The van der Waals surface area contributed by atoms with Crippen molar-refractivity contribution >= 4 is 5.97 Å². The zero-order valence-electron chi connectivity index (χ0n) is 11.1. The van der Waals surface area contributed by atoms with Crippen molar-refractivity contribution in [3.63, 3.8) is 0 Å². The third-order valence-electron chi connectivity index (χ3n) is 4.18. The summed E-state index contributed by atoms with van der Waals surface area (Å²) in [4.78, 5) is 11.2. The van der Waals surface area contributed by atoms with Crippen LogP contribution in [0.15, 0.2) is 30.3 Å². The predicted octanol–water partition coefficient (Wildman–Crippen LogP) is 4.37. The van der Waals surface area contributed by atoms with Crippen LogP contribution in [0.2, 0.25) is 0 Å². The Morgan fingerprint density at radius 2 is 1.95 bits per heavy atom. The van der Waals surface area contributed by atoms with Crippen LogP contribution in [0.4, 0.5) is 4.39 Å². The van der Waals surface area contributed by atoms with Gasteiger partial charge in [0.15, 0.2) is 0 Å². The van der Waals surface area contributed by atoms with Crippen LogP contribution in [0.3, 0.4) is 0 Å². The number of carbonyl (C=O) groups is 1. The molecule has 0 radical (unpaired) electrons. The second-order valence-electron chi connectivity index (χ2n) is 5.44. The van der Waals surface area contributed by atoms with Crippen LogP contribution in [-0.4, -0.2) is 11.1 Å². The number of carboxylic acids is 1. The highest BCUT2D eigenvalue weighted by atomic mass is 19.1. The molecule has 0 amide bonds. The average Bonchev–Trinajstić information content (AvgIpc) is 2.46. The third-order valence-corrected chi connectivity index (χ3v) is 4.18. The molecule has 19 heavy (non-hydrogen) atoms. The molecule has 2 nitrogen and oxygen atoms in total. The second kappa shape index (κ2) is 6.69. The second-order valence-corrected chi connectivity index (χ2v) is 5.44. The molecule has 1 aliphatic rings. The lowest BCUT2D eigenvalue weighted by atomic mass is 9.76. The van der Waals surface area contributed by atoms with Crippen molar-refractivity contribution in [2.24, 2.45) is 11.8 Å². The fourth-order valence-electron chi connectivity index (χ4n) is 3.07. The lowest BCUT2D eigenvalue weighted by Gasteiger charge is -2.28. The summed E-state index contributed by atoms with van der Waals surface area (Å²) in [7, 11) is 0. The standard InChI is InChI=1S/C16H21FO2/c17-15(13-7-2-1-3-8-13)11-10-12-6-4-5-9-14(12)16(18)19/h1-3,7-8,12,14-15H,4-6,9-11H2,(H,18,19)/t12-,14-,15?/m1/s1. The quantitative estimate of drug-likeness (QED) is 0.857. The van der Waals surface area contributed by atoms with Crippen LogP contribution in [0, 0.1) is 11.8 Å². The lowest BCUT2D eigenvalue weighted by molar-refractivity contribution is -0.145. The third kappa shape index (κ3) is 3.79. The van der Waals surface area contributed by atoms with E-state index in [2.05, 4.69) is 0 Å². The van der Waals surface area contributed by atoms with Crippen LogP contribution in [0.1, 0.15) is 50.3 Å². The highest BCUT2D eigenvalue weighted by molar-refractivity contribution is 5.70. The van der Waals surface area contributed by atoms with E-state index >= 15 is 0 Å². The first-order valence-corrected chi connectivity index (χ1v) is 7.10. The first kappa shape index (κ1) is 14.0. The summed E-state index contributed by atoms with van der Waals surface area (Å²) in [5, 5.41) is 9.20. The van der Waals surface area contributed by atoms with Crippen molar-refractivity contribution in [1.29, 1.82) is 0 Å². The van der Waals surface area contributed by atoms with Crippen molar-refractivity contribution in [1.82, 2.24) is 0 Å². The van der Waals surface area contributed by atoms with E-state index in [-0.39, 0.29) is 11.8 Å². The fraction of sp³-hybridized carbons (Fsp3) is 0.562. The first-order valence-electron chi connectivity index (χ1n) is 7.10. The summed E-state index contributed by atoms with van der Waals surface area (Å²) >= 11 is 0. The van der Waals surface area contributed by atoms with Gasteiger partial charge in [-0.05, 0) is 37.2 Å². The lowest BCUT2D eigenvalue weighted by Crippen LogP contribution is -2.27. The highest BCUT2D eigenvalue weighted by Gasteiger charge is 2.30. The number of hydrogen-bond donors (Lipinski definition) is 1. The maximum absolute atomic E-state index is 14.1. The van der Waals surface area contributed by atoms with Crippen molar-refractivity contribution in [2.45, 2.75) is 44.7 Å². The van der Waals surface area contributed by atoms with Gasteiger partial charge < -0.3 is 5.11 Å². The minimum absolute atomic E-state index is 0.146. The van der Waals surface area contributed by atoms with E-state index in [1.807, 2.05) is 18.2 Å². The van der Waals surface area contributed by atoms with Gasteiger partial charge in [-0.3, -0.25) is 4.79 Å². The smallest absolute Gasteiger partial charge is 0.306 e. The monoisotopic (exact) mass is 264 g/mol. The Morgan fingerprint density at radius 1 is 1.26 bits per heavy atom. The topological polar surface area (TPSA) is 37.3 Å². The van der Waals surface area contributed by atoms with Gasteiger partial charge in [0.25, 0.3) is 0 Å². The number of aliphatic carboxylic acids is 1. The van der Waals surface area contributed by atoms with Crippen molar-refractivity contribution < 1.29 is 14.3 Å². The highest BCUT2D eigenvalue weighted by Crippen LogP contribution is 2.36. The predicted molar refractivity (Wildman–Crippen MR) is 72.6 cm³/mol. The van der Waals surface area contributed by atoms with Crippen LogP contribution >= 0.6 is 0 Å². The molecule has 0 bridgehead atoms. The fourth-order valence-corrected chi connectivity index (χ4v) is 3.07. The largest absolute Gasteiger partial charge is 0.481 e. The molecule has 1 aromatic rings. The summed E-state index contributed by atoms with van der Waals surface area (Å²) < 4.78 is 14.1. The molecule has 3 heteroatoms. The molecule has 0 saturated heterocycles. The number of hydrogen-bond acceptors (Lipinski definition) is 1. The number of halogens is 1. The number of carboxylic acid groups (broad SMARTS) is 1. The molecule has 3 atom stereocenters. The zero-order chi connectivity index (χ0) is 13.7. The van der Waals surface area contributed by atoms with E-state index in [9.17, 15) is 14.3 Å². The molecule has 0 aliphatic heterocycles. The summed E-state index contributed by atoms with van der Waals surface area (Å²) in [5.41, 5.74) is 0.699. The Hall–Kier alpha value is -1.38. The maximum Gasteiger partial charge on any atom is 0.306 e. The molecule has 0 heterocycles. The molecule has 1 aromatic carbocycles. The van der Waals surface area contributed by atoms with Crippen LogP contribution < -0.4 is 0 Å². The Morgan fingerprint density at radius 3 is 2.63 bits per heavy atom. The molecule has 1 fully saturated rings. The minimum atomic E-state index is -0.974. The molecule has 1 saturated carbocycles. The molecule has 1 aliphatic carbocycles. The van der Waals surface area contributed by atoms with E-state index in [4.69, 9.17) is 0 Å². The van der Waals surface area contributed by atoms with E-state index in [0.717, 1.165) is 25.7 Å². The van der Waals surface area contributed by atoms with E-state index in [1.165, 1.54) is 0 Å². The first-order chi connectivity index (χ1) is 9.18. The molecule has 104 valence electrons. The molecule has 0 spiro atoms. The molecular formula is C16H21FO2. The van der Waals surface area contributed by atoms with Gasteiger partial charge in [-0.15, -0.1) is 0 Å². The van der Waals surface area contributed by atoms with E-state index in [0.29, 0.717) is 18.4 Å². The van der Waals surface area contributed by atoms with Crippen molar-refractivity contribution in [3.8, 4) is 0 Å². The Bertz CT molecular complexity index is 404. The van der Waals surface area contributed by atoms with Gasteiger partial charge in [0.2, 0.25) is 0 Å². The Labute approximate surface area is 113 Å². The van der Waals surface area contributed by atoms with E-state index < -0.39 is 12.1 Å². The van der Waals surface area contributed by atoms with Crippen molar-refractivity contribution in [2.75, 3.05) is 0 Å². The number of benzene rings is 1. The van der Waals surface area contributed by atoms with Crippen molar-refractivity contribution in [3.05, 3.63) is 35.9 Å². The SMILES string of the molecule is O=C(O)[C@@H]1CCCC[C@@H]1CCC(F)c1ccccc1. The average molecular weight is 264 g/mol. The van der Waals surface area contributed by atoms with Crippen LogP contribution in [-0.2, 0) is 4.79 Å². The summed E-state index contributed by atoms with van der Waals surface area (Å²) in [6, 6.07) is 9.13. The van der Waals surface area contributed by atoms with Gasteiger partial charge in [-0.25, -0.2) is 4.39 Å². The van der Waals surface area contributed by atoms with Gasteiger partial charge in [-0.1, -0.05) is 43.2 Å². The molecule has 0 aromatic heterocycles. The molecular weight excluding hydrogens is 243 g/mol. The van der Waals surface area contributed by atoms with Crippen LogP contribution in [0.5, 0.6) is 0 Å². The van der Waals surface area contributed by atoms with Gasteiger partial charge in [0.05, 0.1) is 5.92 Å². The van der Waals surface area contributed by atoms with Crippen LogP contribution in [0.25, 0.3) is 0 Å². The molecule has 1 unspecified atom stereocenters. The summed E-state index contributed by atoms with van der Waals surface area (Å²) in [6.45, 7) is 0. The van der Waals surface area contributed by atoms with E-state index in [1.54, 1.807) is 12.1 Å². The van der Waals surface area contributed by atoms with Gasteiger partial charge in [-0.2, -0.15) is 0 Å². The minimum Gasteiger partial charge on any atom is -0.481 e. The van der Waals surface area contributed by atoms with Gasteiger partial charge in [0.1, 0.15) is 6.17 Å². The zero-order valence-corrected chi connectivity index (χ0v) is 11.1. The van der Waals surface area contributed by atoms with Gasteiger partial charge >= 0.3 is 5.97 Å². The number of alkyl halides is 1. The Balaban J connectivity index is 1.88. The molecule has 1 N–H and O–H groups in total. The Kier molecular flexibility index (Phi) is 4.94. The van der Waals surface area contributed by atoms with Gasteiger partial charge in [0, 0.05) is 0 Å². The maximum atomic E-state index is 14.1. The number of rotatable bonds is 5. The summed E-state index contributed by atoms with van der Waals surface area (Å²) in [6.07, 6.45) is 3.88. The normalized spacial score (nSPS) is 24.9. The summed E-state index contributed by atoms with van der Waals surface area (Å²) in [5.74, 6) is -0.829.